The third kappa shape index (κ3) is 2.44. The van der Waals surface area contributed by atoms with Gasteiger partial charge in [0.15, 0.2) is 0 Å². The second kappa shape index (κ2) is 4.97. The summed E-state index contributed by atoms with van der Waals surface area (Å²) in [6.07, 6.45) is 5.22. The van der Waals surface area contributed by atoms with Gasteiger partial charge in [-0.3, -0.25) is 0 Å². The number of rotatable bonds is 2. The summed E-state index contributed by atoms with van der Waals surface area (Å²) in [7, 11) is 0. The van der Waals surface area contributed by atoms with Gasteiger partial charge in [0.25, 0.3) is 0 Å². The quantitative estimate of drug-likeness (QED) is 0.779. The van der Waals surface area contributed by atoms with Crippen LogP contribution in [0.4, 0.5) is 5.82 Å². The van der Waals surface area contributed by atoms with Crippen molar-refractivity contribution in [1.82, 2.24) is 9.97 Å². The average Bonchev–Trinajstić information content (AvgIpc) is 2.28. The Balaban J connectivity index is 2.10. The third-order valence-corrected chi connectivity index (χ3v) is 3.46. The minimum atomic E-state index is -0.290. The Morgan fingerprint density at radius 3 is 2.88 bits per heavy atom. The van der Waals surface area contributed by atoms with Crippen LogP contribution in [0.1, 0.15) is 31.2 Å². The van der Waals surface area contributed by atoms with Crippen molar-refractivity contribution in [3.8, 4) is 0 Å². The molecule has 1 aliphatic rings. The summed E-state index contributed by atoms with van der Waals surface area (Å²) in [6.45, 7) is 1.87. The Morgan fingerprint density at radius 2 is 2.12 bits per heavy atom. The molecule has 0 aromatic carbocycles. The van der Waals surface area contributed by atoms with Crippen LogP contribution in [0.2, 0.25) is 5.15 Å². The zero-order chi connectivity index (χ0) is 11.5. The molecule has 88 valence electrons. The van der Waals surface area contributed by atoms with Crippen molar-refractivity contribution in [3.63, 3.8) is 0 Å². The molecule has 0 spiro atoms. The van der Waals surface area contributed by atoms with Crippen LogP contribution in [-0.2, 0) is 0 Å². The Morgan fingerprint density at radius 1 is 1.38 bits per heavy atom. The van der Waals surface area contributed by atoms with Crippen LogP contribution >= 0.6 is 11.6 Å². The van der Waals surface area contributed by atoms with Gasteiger partial charge in [-0.25, -0.2) is 9.97 Å². The first kappa shape index (κ1) is 11.6. The first-order chi connectivity index (χ1) is 7.68. The van der Waals surface area contributed by atoms with Gasteiger partial charge in [-0.05, 0) is 19.8 Å². The summed E-state index contributed by atoms with van der Waals surface area (Å²) in [5.74, 6) is 0.728. The van der Waals surface area contributed by atoms with Crippen molar-refractivity contribution in [2.75, 3.05) is 5.32 Å². The van der Waals surface area contributed by atoms with Crippen molar-refractivity contribution in [2.45, 2.75) is 44.8 Å². The van der Waals surface area contributed by atoms with E-state index in [4.69, 9.17) is 11.6 Å². The second-order valence-electron chi connectivity index (χ2n) is 4.24. The highest BCUT2D eigenvalue weighted by Gasteiger charge is 2.23. The Labute approximate surface area is 100 Å². The van der Waals surface area contributed by atoms with E-state index >= 15 is 0 Å². The van der Waals surface area contributed by atoms with Crippen LogP contribution in [0.25, 0.3) is 0 Å². The molecule has 0 aliphatic heterocycles. The maximum atomic E-state index is 9.85. The van der Waals surface area contributed by atoms with E-state index in [0.717, 1.165) is 37.1 Å². The Kier molecular flexibility index (Phi) is 3.61. The molecule has 1 aromatic rings. The molecule has 0 bridgehead atoms. The largest absolute Gasteiger partial charge is 0.391 e. The van der Waals surface area contributed by atoms with Crippen LogP contribution in [0, 0.1) is 6.92 Å². The third-order valence-electron chi connectivity index (χ3n) is 3.07. The van der Waals surface area contributed by atoms with Crippen LogP contribution in [0.15, 0.2) is 6.33 Å². The number of aromatic nitrogens is 2. The molecule has 1 aliphatic carbocycles. The average molecular weight is 242 g/mol. The van der Waals surface area contributed by atoms with Crippen molar-refractivity contribution in [2.24, 2.45) is 0 Å². The summed E-state index contributed by atoms with van der Waals surface area (Å²) in [5, 5.41) is 13.6. The molecule has 1 saturated carbocycles. The number of anilines is 1. The molecule has 4 nitrogen and oxygen atoms in total. The number of hydrogen-bond acceptors (Lipinski definition) is 4. The zero-order valence-corrected chi connectivity index (χ0v) is 10.0. The highest BCUT2D eigenvalue weighted by atomic mass is 35.5. The van der Waals surface area contributed by atoms with Crippen molar-refractivity contribution >= 4 is 17.4 Å². The van der Waals surface area contributed by atoms with E-state index in [1.807, 2.05) is 6.92 Å². The lowest BCUT2D eigenvalue weighted by Gasteiger charge is -2.29. The van der Waals surface area contributed by atoms with Crippen molar-refractivity contribution < 1.29 is 5.11 Å². The molecule has 1 heterocycles. The first-order valence-electron chi connectivity index (χ1n) is 5.60. The molecule has 2 N–H and O–H groups in total. The Hall–Kier alpha value is -0.870. The molecular formula is C11H16ClN3O. The van der Waals surface area contributed by atoms with E-state index in [1.54, 1.807) is 0 Å². The highest BCUT2D eigenvalue weighted by Crippen LogP contribution is 2.24. The summed E-state index contributed by atoms with van der Waals surface area (Å²) in [4.78, 5) is 8.05. The van der Waals surface area contributed by atoms with Gasteiger partial charge >= 0.3 is 0 Å². The molecule has 1 aromatic heterocycles. The van der Waals surface area contributed by atoms with Crippen molar-refractivity contribution in [1.29, 1.82) is 0 Å². The summed E-state index contributed by atoms with van der Waals surface area (Å²) >= 11 is 5.91. The number of nitrogens with zero attached hydrogens (tertiary/aromatic N) is 2. The van der Waals surface area contributed by atoms with Gasteiger partial charge in [-0.15, -0.1) is 0 Å². The summed E-state index contributed by atoms with van der Waals surface area (Å²) in [5.41, 5.74) is 0.835. The van der Waals surface area contributed by atoms with E-state index < -0.39 is 0 Å². The van der Waals surface area contributed by atoms with E-state index in [1.165, 1.54) is 6.33 Å². The lowest BCUT2D eigenvalue weighted by molar-refractivity contribution is 0.116. The molecule has 1 fully saturated rings. The maximum absolute atomic E-state index is 9.85. The van der Waals surface area contributed by atoms with Gasteiger partial charge in [0.2, 0.25) is 0 Å². The topological polar surface area (TPSA) is 58.0 Å². The minimum Gasteiger partial charge on any atom is -0.391 e. The molecule has 2 rings (SSSR count). The summed E-state index contributed by atoms with van der Waals surface area (Å²) in [6, 6.07) is 0.0819. The minimum absolute atomic E-state index is 0.0819. The maximum Gasteiger partial charge on any atom is 0.137 e. The van der Waals surface area contributed by atoms with E-state index in [0.29, 0.717) is 5.15 Å². The molecule has 5 heteroatoms. The van der Waals surface area contributed by atoms with Crippen LogP contribution in [0.3, 0.4) is 0 Å². The van der Waals surface area contributed by atoms with Gasteiger partial charge in [0.1, 0.15) is 17.3 Å². The van der Waals surface area contributed by atoms with Gasteiger partial charge in [0, 0.05) is 5.56 Å². The lowest BCUT2D eigenvalue weighted by atomic mass is 9.92. The number of aliphatic hydroxyl groups is 1. The molecule has 0 saturated heterocycles. The lowest BCUT2D eigenvalue weighted by Crippen LogP contribution is -2.36. The fourth-order valence-electron chi connectivity index (χ4n) is 2.03. The van der Waals surface area contributed by atoms with Gasteiger partial charge in [-0.2, -0.15) is 0 Å². The highest BCUT2D eigenvalue weighted by molar-refractivity contribution is 6.30. The number of halogens is 1. The van der Waals surface area contributed by atoms with Gasteiger partial charge < -0.3 is 10.4 Å². The second-order valence-corrected chi connectivity index (χ2v) is 4.60. The number of nitrogens with one attached hydrogen (secondary N) is 1. The predicted octanol–water partition coefficient (Wildman–Crippen LogP) is 2.15. The van der Waals surface area contributed by atoms with Crippen molar-refractivity contribution in [3.05, 3.63) is 17.0 Å². The van der Waals surface area contributed by atoms with Crippen LogP contribution in [0.5, 0.6) is 0 Å². The molecule has 2 unspecified atom stereocenters. The van der Waals surface area contributed by atoms with Crippen LogP contribution < -0.4 is 5.32 Å². The number of aliphatic hydroxyl groups excluding tert-OH is 1. The molecule has 0 amide bonds. The standard InChI is InChI=1S/C11H16ClN3O/c1-7-10(12)13-6-14-11(7)15-8-4-2-3-5-9(8)16/h6,8-9,16H,2-5H2,1H3,(H,13,14,15). The van der Waals surface area contributed by atoms with Gasteiger partial charge in [0.05, 0.1) is 12.1 Å². The normalized spacial score (nSPS) is 25.4. The first-order valence-corrected chi connectivity index (χ1v) is 5.98. The molecule has 0 radical (unpaired) electrons. The SMILES string of the molecule is Cc1c(Cl)ncnc1NC1CCCCC1O. The van der Waals surface area contributed by atoms with Crippen LogP contribution in [-0.4, -0.2) is 27.2 Å². The smallest absolute Gasteiger partial charge is 0.137 e. The Bertz CT molecular complexity index is 372. The molecular weight excluding hydrogens is 226 g/mol. The molecule has 16 heavy (non-hydrogen) atoms. The summed E-state index contributed by atoms with van der Waals surface area (Å²) < 4.78 is 0. The van der Waals surface area contributed by atoms with E-state index in [9.17, 15) is 5.11 Å². The van der Waals surface area contributed by atoms with E-state index in [-0.39, 0.29) is 12.1 Å². The fourth-order valence-corrected chi connectivity index (χ4v) is 2.16. The number of hydrogen-bond donors (Lipinski definition) is 2. The van der Waals surface area contributed by atoms with E-state index in [2.05, 4.69) is 15.3 Å². The predicted molar refractivity (Wildman–Crippen MR) is 63.7 cm³/mol. The van der Waals surface area contributed by atoms with Gasteiger partial charge in [-0.1, -0.05) is 24.4 Å². The fraction of sp³-hybridized carbons (Fsp3) is 0.636. The monoisotopic (exact) mass is 241 g/mol. The molecule has 2 atom stereocenters. The zero-order valence-electron chi connectivity index (χ0n) is 9.28.